The van der Waals surface area contributed by atoms with Gasteiger partial charge in [-0.15, -0.1) is 0 Å². The Balaban J connectivity index is -0.000000108. The van der Waals surface area contributed by atoms with E-state index in [1.165, 1.54) is 0 Å². The van der Waals surface area contributed by atoms with Crippen LogP contribution in [0.25, 0.3) is 0 Å². The number of carboxylic acids is 3. The molecule has 0 radical (unpaired) electrons. The first-order chi connectivity index (χ1) is 9.54. The van der Waals surface area contributed by atoms with Crippen LogP contribution in [0, 0.1) is 0 Å². The van der Waals surface area contributed by atoms with Gasteiger partial charge >= 0.3 is 25.8 Å². The van der Waals surface area contributed by atoms with E-state index >= 15 is 0 Å². The van der Waals surface area contributed by atoms with Crippen LogP contribution in [-0.2, 0) is 14.4 Å². The van der Waals surface area contributed by atoms with Crippen molar-refractivity contribution in [2.75, 3.05) is 0 Å². The van der Waals surface area contributed by atoms with Crippen molar-refractivity contribution in [2.45, 2.75) is 0 Å². The zero-order valence-corrected chi connectivity index (χ0v) is 17.9. The van der Waals surface area contributed by atoms with Crippen molar-refractivity contribution in [1.29, 1.82) is 0 Å². The Hall–Kier alpha value is 0.240. The standard InChI is InChI=1S/3C3H2Cl2O2.In/c3*4-1-2(5)3(6)7;/h3*1H,(H,6,7);/q;;;+3/p-3. The van der Waals surface area contributed by atoms with Crippen molar-refractivity contribution in [1.82, 2.24) is 0 Å². The molecule has 13 heteroatoms. The molecule has 0 aromatic carbocycles. The van der Waals surface area contributed by atoms with Crippen molar-refractivity contribution >= 4 is 113 Å². The number of halogens is 6. The summed E-state index contributed by atoms with van der Waals surface area (Å²) in [5.74, 6) is -4.38. The molecule has 0 aromatic heterocycles. The van der Waals surface area contributed by atoms with Crippen molar-refractivity contribution in [3.63, 3.8) is 0 Å². The molecule has 0 heterocycles. The van der Waals surface area contributed by atoms with Gasteiger partial charge in [0.05, 0.1) is 33.0 Å². The molecule has 0 bridgehead atoms. The normalized spacial score (nSPS) is 10.9. The second-order valence-electron chi connectivity index (χ2n) is 2.23. The van der Waals surface area contributed by atoms with Crippen molar-refractivity contribution in [3.8, 4) is 0 Å². The van der Waals surface area contributed by atoms with Crippen molar-refractivity contribution in [3.05, 3.63) is 31.7 Å². The molecule has 0 aliphatic rings. The Bertz CT molecular complexity index is 395. The second kappa shape index (κ2) is 19.3. The number of carbonyl (C=O) groups is 3. The second-order valence-corrected chi connectivity index (χ2v) is 4.11. The summed E-state index contributed by atoms with van der Waals surface area (Å²) < 4.78 is 0. The van der Waals surface area contributed by atoms with Crippen LogP contribution in [0.5, 0.6) is 0 Å². The van der Waals surface area contributed by atoms with Gasteiger partial charge in [0.1, 0.15) is 0 Å². The first kappa shape index (κ1) is 30.2. The molecule has 22 heavy (non-hydrogen) atoms. The molecule has 0 N–H and O–H groups in total. The molecule has 0 atom stereocenters. The van der Waals surface area contributed by atoms with Crippen LogP contribution < -0.4 is 15.3 Å². The Morgan fingerprint density at radius 1 is 0.591 bits per heavy atom. The van der Waals surface area contributed by atoms with Gasteiger partial charge < -0.3 is 29.7 Å². The maximum absolute atomic E-state index is 9.53. The summed E-state index contributed by atoms with van der Waals surface area (Å²) in [6, 6.07) is 0. The summed E-state index contributed by atoms with van der Waals surface area (Å²) in [5, 5.41) is 27.1. The molecule has 0 spiro atoms. The number of hydrogen-bond donors (Lipinski definition) is 0. The number of carboxylic acid groups (broad SMARTS) is 3. The van der Waals surface area contributed by atoms with Crippen LogP contribution in [0.1, 0.15) is 0 Å². The van der Waals surface area contributed by atoms with E-state index in [1.54, 1.807) is 0 Å². The Morgan fingerprint density at radius 2 is 0.727 bits per heavy atom. The minimum absolute atomic E-state index is 0. The molecular formula is C9H3Cl6InO6. The average Bonchev–Trinajstić information content (AvgIpc) is 2.45. The molecule has 0 saturated carbocycles. The average molecular weight is 535 g/mol. The van der Waals surface area contributed by atoms with Crippen LogP contribution in [0.15, 0.2) is 31.7 Å². The van der Waals surface area contributed by atoms with Gasteiger partial charge in [0.25, 0.3) is 0 Å². The first-order valence-corrected chi connectivity index (χ1v) is 6.51. The van der Waals surface area contributed by atoms with Gasteiger partial charge in [0.15, 0.2) is 0 Å². The predicted molar refractivity (Wildman–Crippen MR) is 80.1 cm³/mol. The maximum Gasteiger partial charge on any atom is 3.00 e. The van der Waals surface area contributed by atoms with Crippen LogP contribution in [0.2, 0.25) is 0 Å². The van der Waals surface area contributed by atoms with E-state index in [0.717, 1.165) is 16.6 Å². The van der Waals surface area contributed by atoms with E-state index in [-0.39, 0.29) is 25.8 Å². The molecule has 120 valence electrons. The van der Waals surface area contributed by atoms with Crippen LogP contribution in [0.3, 0.4) is 0 Å². The van der Waals surface area contributed by atoms with E-state index in [1.807, 2.05) is 0 Å². The Kier molecular flexibility index (Phi) is 26.4. The Labute approximate surface area is 173 Å². The molecule has 0 aliphatic heterocycles. The van der Waals surface area contributed by atoms with Crippen molar-refractivity contribution in [2.24, 2.45) is 0 Å². The molecule has 0 saturated heterocycles. The van der Waals surface area contributed by atoms with Gasteiger partial charge in [-0.3, -0.25) is 0 Å². The molecule has 0 aromatic rings. The van der Waals surface area contributed by atoms with Gasteiger partial charge in [-0.05, 0) is 0 Å². The fourth-order valence-electron chi connectivity index (χ4n) is 0.134. The summed E-state index contributed by atoms with van der Waals surface area (Å²) in [6.07, 6.45) is 0. The van der Waals surface area contributed by atoms with E-state index in [9.17, 15) is 29.7 Å². The largest absolute Gasteiger partial charge is 3.00 e. The van der Waals surface area contributed by atoms with E-state index in [0.29, 0.717) is 0 Å². The first-order valence-electron chi connectivity index (χ1n) is 4.06. The van der Waals surface area contributed by atoms with Gasteiger partial charge in [0, 0.05) is 16.6 Å². The van der Waals surface area contributed by atoms with Crippen LogP contribution >= 0.6 is 69.6 Å². The van der Waals surface area contributed by atoms with Crippen LogP contribution in [0.4, 0.5) is 0 Å². The van der Waals surface area contributed by atoms with E-state index in [2.05, 4.69) is 0 Å². The number of aliphatic carboxylic acids is 3. The predicted octanol–water partition coefficient (Wildman–Crippen LogP) is -0.215. The number of rotatable bonds is 3. The molecule has 0 amide bonds. The summed E-state index contributed by atoms with van der Waals surface area (Å²) in [6.45, 7) is 0. The number of hydrogen-bond acceptors (Lipinski definition) is 6. The van der Waals surface area contributed by atoms with E-state index < -0.39 is 33.0 Å². The molecule has 0 rings (SSSR count). The Morgan fingerprint density at radius 3 is 0.727 bits per heavy atom. The molecular weight excluding hydrogens is 532 g/mol. The smallest absolute Gasteiger partial charge is 0.544 e. The third-order valence-electron chi connectivity index (χ3n) is 0.872. The topological polar surface area (TPSA) is 120 Å². The summed E-state index contributed by atoms with van der Waals surface area (Å²) in [5.41, 5.74) is 2.20. The number of carbonyl (C=O) groups excluding carboxylic acids is 3. The monoisotopic (exact) mass is 532 g/mol. The minimum Gasteiger partial charge on any atom is -0.544 e. The zero-order chi connectivity index (χ0) is 17.6. The summed E-state index contributed by atoms with van der Waals surface area (Å²) in [4.78, 5) is 28.6. The van der Waals surface area contributed by atoms with Crippen molar-refractivity contribution < 1.29 is 29.7 Å². The summed E-state index contributed by atoms with van der Waals surface area (Å²) in [7, 11) is 0. The van der Waals surface area contributed by atoms with Gasteiger partial charge in [-0.1, -0.05) is 69.6 Å². The molecule has 0 aliphatic carbocycles. The third kappa shape index (κ3) is 22.5. The third-order valence-corrected chi connectivity index (χ3v) is 2.65. The van der Waals surface area contributed by atoms with Crippen LogP contribution in [-0.4, -0.2) is 43.8 Å². The molecule has 0 unspecified atom stereocenters. The molecule has 6 nitrogen and oxygen atoms in total. The zero-order valence-electron chi connectivity index (χ0n) is 10.0. The SMILES string of the molecule is O=C([O-])C(Cl)=CCl.O=C([O-])C(Cl)=CCl.O=C([O-])C(Cl)=CCl.[In+3]. The van der Waals surface area contributed by atoms with Gasteiger partial charge in [-0.25, -0.2) is 0 Å². The quantitative estimate of drug-likeness (QED) is 0.462. The maximum atomic E-state index is 9.53. The van der Waals surface area contributed by atoms with Gasteiger partial charge in [0.2, 0.25) is 0 Å². The summed E-state index contributed by atoms with van der Waals surface area (Å²) >= 11 is 29.1. The fraction of sp³-hybridized carbons (Fsp3) is 0. The fourth-order valence-corrected chi connectivity index (χ4v) is 0.401. The van der Waals surface area contributed by atoms with Gasteiger partial charge in [-0.2, -0.15) is 0 Å². The van der Waals surface area contributed by atoms with E-state index in [4.69, 9.17) is 69.6 Å². The minimum atomic E-state index is -1.46. The molecule has 0 fully saturated rings.